The van der Waals surface area contributed by atoms with E-state index in [0.29, 0.717) is 0 Å². The number of unbranched alkanes of at least 4 members (excludes halogenated alkanes) is 2. The van der Waals surface area contributed by atoms with Crippen molar-refractivity contribution in [3.05, 3.63) is 102 Å². The first kappa shape index (κ1) is 22.2. The maximum absolute atomic E-state index is 13.2. The summed E-state index contributed by atoms with van der Waals surface area (Å²) in [5, 5.41) is 0. The van der Waals surface area contributed by atoms with Crippen LogP contribution in [0.3, 0.4) is 0 Å². The highest BCUT2D eigenvalue weighted by atomic mass is 32.2. The fourth-order valence-corrected chi connectivity index (χ4v) is 4.77. The lowest BCUT2D eigenvalue weighted by atomic mass is 9.95. The number of aryl methyl sites for hydroxylation is 1. The van der Waals surface area contributed by atoms with Gasteiger partial charge in [-0.15, -0.1) is 0 Å². The second kappa shape index (κ2) is 10.5. The van der Waals surface area contributed by atoms with Crippen molar-refractivity contribution in [3.63, 3.8) is 0 Å². The summed E-state index contributed by atoms with van der Waals surface area (Å²) in [5.41, 5.74) is 9.38. The van der Waals surface area contributed by atoms with Gasteiger partial charge in [-0.1, -0.05) is 92.6 Å². The van der Waals surface area contributed by atoms with Gasteiger partial charge in [-0.25, -0.2) is 13.1 Å². The Morgan fingerprint density at radius 1 is 0.800 bits per heavy atom. The quantitative estimate of drug-likeness (QED) is 0.444. The van der Waals surface area contributed by atoms with Crippen LogP contribution in [0.2, 0.25) is 0 Å². The molecule has 0 saturated carbocycles. The van der Waals surface area contributed by atoms with E-state index in [1.54, 1.807) is 12.1 Å². The zero-order valence-corrected chi connectivity index (χ0v) is 18.2. The smallest absolute Gasteiger partial charge is 0.241 e. The van der Waals surface area contributed by atoms with Crippen molar-refractivity contribution in [2.24, 2.45) is 5.73 Å². The van der Waals surface area contributed by atoms with Crippen LogP contribution in [0.15, 0.2) is 89.8 Å². The molecule has 2 unspecified atom stereocenters. The van der Waals surface area contributed by atoms with E-state index < -0.39 is 22.1 Å². The Morgan fingerprint density at radius 2 is 1.37 bits per heavy atom. The molecule has 0 amide bonds. The molecular weight excluding hydrogens is 392 g/mol. The van der Waals surface area contributed by atoms with Gasteiger partial charge in [0.15, 0.2) is 0 Å². The highest BCUT2D eigenvalue weighted by molar-refractivity contribution is 7.89. The molecule has 4 nitrogen and oxygen atoms in total. The monoisotopic (exact) mass is 422 g/mol. The number of rotatable bonds is 10. The Balaban J connectivity index is 1.84. The van der Waals surface area contributed by atoms with E-state index in [0.717, 1.165) is 29.5 Å². The van der Waals surface area contributed by atoms with Crippen molar-refractivity contribution in [1.29, 1.82) is 0 Å². The summed E-state index contributed by atoms with van der Waals surface area (Å²) >= 11 is 0. The van der Waals surface area contributed by atoms with Gasteiger partial charge in [-0.3, -0.25) is 0 Å². The van der Waals surface area contributed by atoms with Crippen LogP contribution in [0.4, 0.5) is 0 Å². The molecule has 0 aliphatic carbocycles. The minimum Gasteiger partial charge on any atom is -0.322 e. The van der Waals surface area contributed by atoms with Gasteiger partial charge in [0.25, 0.3) is 0 Å². The molecule has 0 radical (unpaired) electrons. The van der Waals surface area contributed by atoms with Gasteiger partial charge in [0.2, 0.25) is 10.0 Å². The summed E-state index contributed by atoms with van der Waals surface area (Å²) in [6.07, 6.45) is 4.42. The van der Waals surface area contributed by atoms with Crippen LogP contribution >= 0.6 is 0 Å². The molecule has 0 bridgehead atoms. The van der Waals surface area contributed by atoms with E-state index in [1.807, 2.05) is 72.8 Å². The average Bonchev–Trinajstić information content (AvgIpc) is 2.79. The van der Waals surface area contributed by atoms with Crippen molar-refractivity contribution in [3.8, 4) is 0 Å². The predicted molar refractivity (Wildman–Crippen MR) is 123 cm³/mol. The molecule has 0 fully saturated rings. The first-order valence-corrected chi connectivity index (χ1v) is 12.0. The molecule has 0 aromatic heterocycles. The average molecular weight is 423 g/mol. The largest absolute Gasteiger partial charge is 0.322 e. The SMILES string of the molecule is CCCCCc1ccc(S(=O)(=O)NC(c2ccccc2)C(N)c2ccccc2)cc1. The lowest BCUT2D eigenvalue weighted by Crippen LogP contribution is -2.36. The zero-order valence-electron chi connectivity index (χ0n) is 17.4. The first-order valence-electron chi connectivity index (χ1n) is 10.5. The maximum Gasteiger partial charge on any atom is 0.241 e. The summed E-state index contributed by atoms with van der Waals surface area (Å²) in [6, 6.07) is 25.1. The minimum absolute atomic E-state index is 0.253. The molecule has 3 aromatic rings. The first-order chi connectivity index (χ1) is 14.5. The van der Waals surface area contributed by atoms with Crippen molar-refractivity contribution in [1.82, 2.24) is 4.72 Å². The van der Waals surface area contributed by atoms with Gasteiger partial charge >= 0.3 is 0 Å². The van der Waals surface area contributed by atoms with E-state index in [1.165, 1.54) is 12.8 Å². The minimum atomic E-state index is -3.73. The summed E-state index contributed by atoms with van der Waals surface area (Å²) < 4.78 is 29.2. The zero-order chi connectivity index (χ0) is 21.4. The highest BCUT2D eigenvalue weighted by Gasteiger charge is 2.27. The molecule has 0 saturated heterocycles. The van der Waals surface area contributed by atoms with Gasteiger partial charge in [0, 0.05) is 0 Å². The molecule has 0 aliphatic rings. The highest BCUT2D eigenvalue weighted by Crippen LogP contribution is 2.28. The second-order valence-electron chi connectivity index (χ2n) is 7.55. The van der Waals surface area contributed by atoms with Crippen LogP contribution in [-0.4, -0.2) is 8.42 Å². The molecular formula is C25H30N2O2S. The van der Waals surface area contributed by atoms with Crippen molar-refractivity contribution in [2.75, 3.05) is 0 Å². The number of benzene rings is 3. The molecule has 3 aromatic carbocycles. The summed E-state index contributed by atoms with van der Waals surface area (Å²) in [5.74, 6) is 0. The molecule has 0 spiro atoms. The maximum atomic E-state index is 13.2. The van der Waals surface area contributed by atoms with E-state index >= 15 is 0 Å². The Bertz CT molecular complexity index is 1000. The summed E-state index contributed by atoms with van der Waals surface area (Å²) in [4.78, 5) is 0.253. The fourth-order valence-electron chi connectivity index (χ4n) is 3.53. The van der Waals surface area contributed by atoms with Crippen LogP contribution in [-0.2, 0) is 16.4 Å². The normalized spacial score (nSPS) is 13.7. The van der Waals surface area contributed by atoms with Crippen molar-refractivity contribution in [2.45, 2.75) is 49.6 Å². The van der Waals surface area contributed by atoms with Crippen LogP contribution in [0.1, 0.15) is 55.0 Å². The van der Waals surface area contributed by atoms with Gasteiger partial charge in [-0.05, 0) is 41.7 Å². The molecule has 3 rings (SSSR count). The number of sulfonamides is 1. The summed E-state index contributed by atoms with van der Waals surface area (Å²) in [7, 11) is -3.73. The fraction of sp³-hybridized carbons (Fsp3) is 0.280. The van der Waals surface area contributed by atoms with Gasteiger partial charge < -0.3 is 5.73 Å². The predicted octanol–water partition coefficient (Wildman–Crippen LogP) is 5.14. The van der Waals surface area contributed by atoms with E-state index in [4.69, 9.17) is 5.73 Å². The molecule has 0 heterocycles. The molecule has 30 heavy (non-hydrogen) atoms. The molecule has 5 heteroatoms. The van der Waals surface area contributed by atoms with Gasteiger partial charge in [0.1, 0.15) is 0 Å². The molecule has 158 valence electrons. The topological polar surface area (TPSA) is 72.2 Å². The van der Waals surface area contributed by atoms with Gasteiger partial charge in [-0.2, -0.15) is 0 Å². The third-order valence-corrected chi connectivity index (χ3v) is 6.74. The van der Waals surface area contributed by atoms with Crippen LogP contribution < -0.4 is 10.5 Å². The van der Waals surface area contributed by atoms with Gasteiger partial charge in [0.05, 0.1) is 17.0 Å². The van der Waals surface area contributed by atoms with E-state index in [9.17, 15) is 8.42 Å². The number of hydrogen-bond acceptors (Lipinski definition) is 3. The number of hydrogen-bond donors (Lipinski definition) is 2. The van der Waals surface area contributed by atoms with Crippen LogP contribution in [0.25, 0.3) is 0 Å². The van der Waals surface area contributed by atoms with E-state index in [-0.39, 0.29) is 4.90 Å². The molecule has 0 aliphatic heterocycles. The van der Waals surface area contributed by atoms with Crippen LogP contribution in [0, 0.1) is 0 Å². The Kier molecular flexibility index (Phi) is 7.80. The van der Waals surface area contributed by atoms with Crippen molar-refractivity contribution >= 4 is 10.0 Å². The Hall–Kier alpha value is -2.47. The second-order valence-corrected chi connectivity index (χ2v) is 9.26. The summed E-state index contributed by atoms with van der Waals surface area (Å²) in [6.45, 7) is 2.17. The van der Waals surface area contributed by atoms with Crippen LogP contribution in [0.5, 0.6) is 0 Å². The van der Waals surface area contributed by atoms with Crippen molar-refractivity contribution < 1.29 is 8.42 Å². The lowest BCUT2D eigenvalue weighted by Gasteiger charge is -2.26. The third kappa shape index (κ3) is 5.79. The molecule has 3 N–H and O–H groups in total. The molecule has 2 atom stereocenters. The Morgan fingerprint density at radius 3 is 1.93 bits per heavy atom. The lowest BCUT2D eigenvalue weighted by molar-refractivity contribution is 0.504. The third-order valence-electron chi connectivity index (χ3n) is 5.29. The standard InChI is InChI=1S/C25H30N2O2S/c1-2-3-6-11-20-16-18-23(19-17-20)30(28,29)27-25(22-14-9-5-10-15-22)24(26)21-12-7-4-8-13-21/h4-5,7-10,12-19,24-25,27H,2-3,6,11,26H2,1H3. The number of nitrogens with two attached hydrogens (primary N) is 1. The van der Waals surface area contributed by atoms with E-state index in [2.05, 4.69) is 11.6 Å². The number of nitrogens with one attached hydrogen (secondary N) is 1. The Labute approximate surface area is 180 Å².